The topological polar surface area (TPSA) is 177 Å². The standard InChI is InChI=1S/C29H40ClN7O6/c1-2-10-39-11-8-33-29(38)34-9-12-40-13-14-41-15-16-42-17-18-43-23-5-3-4-21(19-23)26-24-20-22(30)6-7-25(24)35-28(36-26)37-27(31)32/h3-7,19-20H,2,8-18H2,1H3,(H2,33,34,38)(H4,31,32,35,36,37). The van der Waals surface area contributed by atoms with Gasteiger partial charge in [0.1, 0.15) is 12.4 Å². The third-order valence-electron chi connectivity index (χ3n) is 5.64. The third-order valence-corrected chi connectivity index (χ3v) is 5.87. The molecule has 0 bridgehead atoms. The van der Waals surface area contributed by atoms with Crippen molar-refractivity contribution in [2.24, 2.45) is 16.5 Å². The number of hydrogen-bond acceptors (Lipinski definition) is 9. The number of amides is 2. The summed E-state index contributed by atoms with van der Waals surface area (Å²) in [5.74, 6) is 0.671. The SMILES string of the molecule is CCCOCCNC(=O)NCCOCCOCCOCCOc1cccc(-c2nc(N=C(N)N)nc3ccc(Cl)cc23)c1. The highest BCUT2D eigenvalue weighted by molar-refractivity contribution is 6.31. The third kappa shape index (κ3) is 13.0. The van der Waals surface area contributed by atoms with Crippen molar-refractivity contribution in [1.29, 1.82) is 0 Å². The second-order valence-corrected chi connectivity index (χ2v) is 9.52. The van der Waals surface area contributed by atoms with Gasteiger partial charge in [-0.05, 0) is 36.8 Å². The molecule has 234 valence electrons. The number of ether oxygens (including phenoxy) is 5. The Kier molecular flexibility index (Phi) is 15.3. The summed E-state index contributed by atoms with van der Waals surface area (Å²) < 4.78 is 27.7. The lowest BCUT2D eigenvalue weighted by Crippen LogP contribution is -2.39. The summed E-state index contributed by atoms with van der Waals surface area (Å²) in [7, 11) is 0. The smallest absolute Gasteiger partial charge is 0.314 e. The fourth-order valence-electron chi connectivity index (χ4n) is 3.75. The number of urea groups is 1. The molecule has 0 fully saturated rings. The zero-order chi connectivity index (χ0) is 30.7. The van der Waals surface area contributed by atoms with E-state index in [0.29, 0.717) is 94.5 Å². The van der Waals surface area contributed by atoms with E-state index in [1.165, 1.54) is 0 Å². The van der Waals surface area contributed by atoms with Gasteiger partial charge in [0.15, 0.2) is 5.96 Å². The van der Waals surface area contributed by atoms with Gasteiger partial charge in [-0.25, -0.2) is 14.8 Å². The maximum absolute atomic E-state index is 11.6. The Balaban J connectivity index is 1.29. The molecule has 0 spiro atoms. The molecule has 1 heterocycles. The van der Waals surface area contributed by atoms with Crippen LogP contribution in [0.15, 0.2) is 47.5 Å². The first-order chi connectivity index (χ1) is 21.0. The van der Waals surface area contributed by atoms with Gasteiger partial charge in [0, 0.05) is 35.7 Å². The number of nitrogens with one attached hydrogen (secondary N) is 2. The second kappa shape index (κ2) is 19.4. The van der Waals surface area contributed by atoms with E-state index in [2.05, 4.69) is 25.6 Å². The van der Waals surface area contributed by atoms with Crippen LogP contribution in [0.2, 0.25) is 5.02 Å². The molecular formula is C29H40ClN7O6. The first kappa shape index (κ1) is 33.7. The molecule has 1 aromatic heterocycles. The monoisotopic (exact) mass is 617 g/mol. The van der Waals surface area contributed by atoms with Crippen LogP contribution in [-0.4, -0.2) is 94.5 Å². The molecule has 3 rings (SSSR count). The molecule has 2 amide bonds. The van der Waals surface area contributed by atoms with Crippen LogP contribution >= 0.6 is 11.6 Å². The Hall–Kier alpha value is -3.75. The van der Waals surface area contributed by atoms with Crippen LogP contribution in [-0.2, 0) is 18.9 Å². The summed E-state index contributed by atoms with van der Waals surface area (Å²) in [5.41, 5.74) is 13.1. The van der Waals surface area contributed by atoms with Crippen LogP contribution in [0.4, 0.5) is 10.7 Å². The number of carbonyl (C=O) groups excluding carboxylic acids is 1. The number of carbonyl (C=O) groups is 1. The molecule has 2 aromatic carbocycles. The van der Waals surface area contributed by atoms with Gasteiger partial charge < -0.3 is 45.8 Å². The molecule has 0 aliphatic rings. The highest BCUT2D eigenvalue weighted by atomic mass is 35.5. The van der Waals surface area contributed by atoms with Crippen LogP contribution < -0.4 is 26.8 Å². The van der Waals surface area contributed by atoms with E-state index in [1.807, 2.05) is 31.2 Å². The van der Waals surface area contributed by atoms with Crippen molar-refractivity contribution in [1.82, 2.24) is 20.6 Å². The van der Waals surface area contributed by atoms with Gasteiger partial charge >= 0.3 is 6.03 Å². The minimum absolute atomic E-state index is 0.134. The van der Waals surface area contributed by atoms with E-state index in [1.54, 1.807) is 18.2 Å². The number of aromatic nitrogens is 2. The maximum Gasteiger partial charge on any atom is 0.314 e. The van der Waals surface area contributed by atoms with Crippen LogP contribution in [0, 0.1) is 0 Å². The van der Waals surface area contributed by atoms with Crippen molar-refractivity contribution < 1.29 is 28.5 Å². The Morgan fingerprint density at radius 1 is 0.837 bits per heavy atom. The Morgan fingerprint density at radius 3 is 2.16 bits per heavy atom. The lowest BCUT2D eigenvalue weighted by molar-refractivity contribution is 0.0101. The van der Waals surface area contributed by atoms with E-state index in [-0.39, 0.29) is 17.9 Å². The van der Waals surface area contributed by atoms with Crippen molar-refractivity contribution in [3.8, 4) is 17.0 Å². The molecule has 6 N–H and O–H groups in total. The Bertz CT molecular complexity index is 1310. The van der Waals surface area contributed by atoms with E-state index in [9.17, 15) is 4.79 Å². The normalized spacial score (nSPS) is 10.9. The van der Waals surface area contributed by atoms with E-state index >= 15 is 0 Å². The number of fused-ring (bicyclic) bond motifs is 1. The van der Waals surface area contributed by atoms with E-state index in [0.717, 1.165) is 17.4 Å². The fourth-order valence-corrected chi connectivity index (χ4v) is 3.92. The molecule has 14 heteroatoms. The molecule has 0 saturated carbocycles. The number of aliphatic imine (C=N–C) groups is 1. The fraction of sp³-hybridized carbons (Fsp3) is 0.448. The lowest BCUT2D eigenvalue weighted by atomic mass is 10.1. The second-order valence-electron chi connectivity index (χ2n) is 9.08. The van der Waals surface area contributed by atoms with Gasteiger partial charge in [0.05, 0.1) is 57.5 Å². The molecule has 43 heavy (non-hydrogen) atoms. The van der Waals surface area contributed by atoms with Crippen molar-refractivity contribution in [2.75, 3.05) is 72.6 Å². The molecule has 0 radical (unpaired) electrons. The summed E-state index contributed by atoms with van der Waals surface area (Å²) >= 11 is 6.24. The van der Waals surface area contributed by atoms with E-state index < -0.39 is 0 Å². The van der Waals surface area contributed by atoms with Crippen molar-refractivity contribution >= 4 is 40.4 Å². The molecule has 3 aromatic rings. The van der Waals surface area contributed by atoms with Crippen LogP contribution in [0.1, 0.15) is 13.3 Å². The first-order valence-electron chi connectivity index (χ1n) is 14.1. The number of nitrogens with zero attached hydrogens (tertiary/aromatic N) is 3. The number of nitrogens with two attached hydrogens (primary N) is 2. The van der Waals surface area contributed by atoms with Gasteiger partial charge in [0.25, 0.3) is 5.95 Å². The lowest BCUT2D eigenvalue weighted by Gasteiger charge is -2.11. The molecule has 13 nitrogen and oxygen atoms in total. The average Bonchev–Trinajstić information content (AvgIpc) is 2.99. The van der Waals surface area contributed by atoms with Crippen LogP contribution in [0.25, 0.3) is 22.2 Å². The Morgan fingerprint density at radius 2 is 1.49 bits per heavy atom. The van der Waals surface area contributed by atoms with Gasteiger partial charge in [-0.2, -0.15) is 4.99 Å². The summed E-state index contributed by atoms with van der Waals surface area (Å²) in [6.45, 7) is 6.99. The van der Waals surface area contributed by atoms with Gasteiger partial charge in [-0.15, -0.1) is 0 Å². The van der Waals surface area contributed by atoms with Crippen LogP contribution in [0.5, 0.6) is 5.75 Å². The number of hydrogen-bond donors (Lipinski definition) is 4. The highest BCUT2D eigenvalue weighted by Gasteiger charge is 2.12. The number of guanidine groups is 1. The zero-order valence-corrected chi connectivity index (χ0v) is 25.1. The number of rotatable bonds is 20. The van der Waals surface area contributed by atoms with Gasteiger partial charge in [0.2, 0.25) is 0 Å². The first-order valence-corrected chi connectivity index (χ1v) is 14.5. The van der Waals surface area contributed by atoms with Crippen molar-refractivity contribution in [2.45, 2.75) is 13.3 Å². The minimum Gasteiger partial charge on any atom is -0.491 e. The maximum atomic E-state index is 11.6. The molecule has 0 saturated heterocycles. The Labute approximate surface area is 256 Å². The average molecular weight is 618 g/mol. The molecular weight excluding hydrogens is 578 g/mol. The molecule has 0 aliphatic carbocycles. The molecule has 0 unspecified atom stereocenters. The number of halogens is 1. The van der Waals surface area contributed by atoms with Gasteiger partial charge in [-0.3, -0.25) is 0 Å². The van der Waals surface area contributed by atoms with E-state index in [4.69, 9.17) is 46.8 Å². The highest BCUT2D eigenvalue weighted by Crippen LogP contribution is 2.31. The van der Waals surface area contributed by atoms with Gasteiger partial charge in [-0.1, -0.05) is 30.7 Å². The summed E-state index contributed by atoms with van der Waals surface area (Å²) in [6, 6.07) is 12.6. The predicted molar refractivity (Wildman–Crippen MR) is 166 cm³/mol. The van der Waals surface area contributed by atoms with Crippen molar-refractivity contribution in [3.63, 3.8) is 0 Å². The zero-order valence-electron chi connectivity index (χ0n) is 24.4. The summed E-state index contributed by atoms with van der Waals surface area (Å²) in [6.07, 6.45) is 0.957. The minimum atomic E-state index is -0.239. The molecule has 0 aliphatic heterocycles. The predicted octanol–water partition coefficient (Wildman–Crippen LogP) is 3.01. The largest absolute Gasteiger partial charge is 0.491 e. The molecule has 0 atom stereocenters. The summed E-state index contributed by atoms with van der Waals surface area (Å²) in [4.78, 5) is 24.6. The van der Waals surface area contributed by atoms with Crippen molar-refractivity contribution in [3.05, 3.63) is 47.5 Å². The quantitative estimate of drug-likeness (QED) is 0.0837. The number of benzene rings is 2. The van der Waals surface area contributed by atoms with Crippen LogP contribution in [0.3, 0.4) is 0 Å². The summed E-state index contributed by atoms with van der Waals surface area (Å²) in [5, 5.41) is 6.76.